The van der Waals surface area contributed by atoms with Crippen LogP contribution in [-0.2, 0) is 6.61 Å². The molecule has 2 rings (SSSR count). The van der Waals surface area contributed by atoms with E-state index in [2.05, 4.69) is 4.98 Å². The number of aliphatic hydroxyl groups excluding tert-OH is 1. The van der Waals surface area contributed by atoms with E-state index in [1.807, 2.05) is 0 Å². The van der Waals surface area contributed by atoms with Gasteiger partial charge in [0.15, 0.2) is 0 Å². The van der Waals surface area contributed by atoms with Crippen LogP contribution in [0.5, 0.6) is 0 Å². The molecule has 0 unspecified atom stereocenters. The SMILES string of the molecule is O=c1ccc(-c2ccc(Cl)cc2Cl)c(CO)[nH]1. The summed E-state index contributed by atoms with van der Waals surface area (Å²) in [6.07, 6.45) is 0. The van der Waals surface area contributed by atoms with Crippen molar-refractivity contribution in [1.29, 1.82) is 0 Å². The second kappa shape index (κ2) is 4.92. The molecule has 0 bridgehead atoms. The zero-order valence-corrected chi connectivity index (χ0v) is 10.2. The van der Waals surface area contributed by atoms with E-state index in [4.69, 9.17) is 23.2 Å². The van der Waals surface area contributed by atoms with Crippen LogP contribution in [0.4, 0.5) is 0 Å². The highest BCUT2D eigenvalue weighted by Gasteiger charge is 2.09. The van der Waals surface area contributed by atoms with Crippen LogP contribution >= 0.6 is 23.2 Å². The smallest absolute Gasteiger partial charge is 0.248 e. The Kier molecular flexibility index (Phi) is 3.52. The number of H-pyrrole nitrogens is 1. The number of halogens is 2. The molecule has 88 valence electrons. The minimum absolute atomic E-state index is 0.260. The Labute approximate surface area is 108 Å². The first-order valence-corrected chi connectivity index (χ1v) is 5.66. The molecule has 0 atom stereocenters. The molecule has 0 fully saturated rings. The van der Waals surface area contributed by atoms with Gasteiger partial charge in [-0.05, 0) is 18.2 Å². The van der Waals surface area contributed by atoms with Crippen LogP contribution < -0.4 is 5.56 Å². The molecule has 0 aliphatic rings. The molecule has 0 aliphatic heterocycles. The van der Waals surface area contributed by atoms with Crippen LogP contribution in [-0.4, -0.2) is 10.1 Å². The second-order valence-electron chi connectivity index (χ2n) is 3.50. The molecule has 0 radical (unpaired) electrons. The van der Waals surface area contributed by atoms with Crippen molar-refractivity contribution in [2.75, 3.05) is 0 Å². The highest BCUT2D eigenvalue weighted by atomic mass is 35.5. The number of aromatic nitrogens is 1. The minimum atomic E-state index is -0.261. The molecule has 0 saturated carbocycles. The van der Waals surface area contributed by atoms with Crippen molar-refractivity contribution in [3.05, 3.63) is 56.4 Å². The molecular formula is C12H9Cl2NO2. The molecule has 0 amide bonds. The van der Waals surface area contributed by atoms with Crippen molar-refractivity contribution in [3.63, 3.8) is 0 Å². The van der Waals surface area contributed by atoms with Gasteiger partial charge in [-0.25, -0.2) is 0 Å². The molecule has 17 heavy (non-hydrogen) atoms. The summed E-state index contributed by atoms with van der Waals surface area (Å²) in [5, 5.41) is 10.2. The third-order valence-electron chi connectivity index (χ3n) is 2.38. The van der Waals surface area contributed by atoms with E-state index in [0.29, 0.717) is 21.3 Å². The number of hydrogen-bond acceptors (Lipinski definition) is 2. The Morgan fingerprint density at radius 3 is 2.47 bits per heavy atom. The summed E-state index contributed by atoms with van der Waals surface area (Å²) in [6.45, 7) is -0.260. The number of benzene rings is 1. The van der Waals surface area contributed by atoms with Gasteiger partial charge in [0.1, 0.15) is 0 Å². The molecule has 0 aliphatic carbocycles. The third-order valence-corrected chi connectivity index (χ3v) is 2.93. The normalized spacial score (nSPS) is 10.5. The predicted octanol–water partition coefficient (Wildman–Crippen LogP) is 2.84. The number of aliphatic hydroxyl groups is 1. The molecule has 5 heteroatoms. The van der Waals surface area contributed by atoms with Gasteiger partial charge in [-0.2, -0.15) is 0 Å². The lowest BCUT2D eigenvalue weighted by Gasteiger charge is -2.09. The maximum absolute atomic E-state index is 11.2. The van der Waals surface area contributed by atoms with Crippen LogP contribution in [0.25, 0.3) is 11.1 Å². The van der Waals surface area contributed by atoms with Crippen molar-refractivity contribution in [2.24, 2.45) is 0 Å². The molecule has 0 spiro atoms. The first-order valence-electron chi connectivity index (χ1n) is 4.90. The lowest BCUT2D eigenvalue weighted by atomic mass is 10.0. The third kappa shape index (κ3) is 2.52. The fourth-order valence-corrected chi connectivity index (χ4v) is 2.11. The summed E-state index contributed by atoms with van der Waals surface area (Å²) < 4.78 is 0. The Bertz CT molecular complexity index is 608. The molecular weight excluding hydrogens is 261 g/mol. The molecule has 1 aromatic carbocycles. The number of aromatic amines is 1. The van der Waals surface area contributed by atoms with Gasteiger partial charge >= 0.3 is 0 Å². The van der Waals surface area contributed by atoms with Gasteiger partial charge in [0.05, 0.1) is 12.3 Å². The average molecular weight is 270 g/mol. The van der Waals surface area contributed by atoms with Crippen molar-refractivity contribution in [2.45, 2.75) is 6.61 Å². The minimum Gasteiger partial charge on any atom is -0.390 e. The van der Waals surface area contributed by atoms with Crippen molar-refractivity contribution >= 4 is 23.2 Å². The average Bonchev–Trinajstić information content (AvgIpc) is 2.30. The summed E-state index contributed by atoms with van der Waals surface area (Å²) in [7, 11) is 0. The summed E-state index contributed by atoms with van der Waals surface area (Å²) in [5.41, 5.74) is 1.58. The highest BCUT2D eigenvalue weighted by Crippen LogP contribution is 2.31. The molecule has 3 nitrogen and oxygen atoms in total. The lowest BCUT2D eigenvalue weighted by molar-refractivity contribution is 0.277. The maximum Gasteiger partial charge on any atom is 0.248 e. The number of rotatable bonds is 2. The van der Waals surface area contributed by atoms with E-state index < -0.39 is 0 Å². The Balaban J connectivity index is 2.63. The number of pyridine rings is 1. The van der Waals surface area contributed by atoms with E-state index in [1.54, 1.807) is 24.3 Å². The highest BCUT2D eigenvalue weighted by molar-refractivity contribution is 6.36. The summed E-state index contributed by atoms with van der Waals surface area (Å²) in [5.74, 6) is 0. The standard InChI is InChI=1S/C12H9Cl2NO2/c13-7-1-2-8(10(14)5-7)9-3-4-12(17)15-11(9)6-16/h1-5,16H,6H2,(H,15,17). The van der Waals surface area contributed by atoms with Crippen molar-refractivity contribution in [1.82, 2.24) is 4.98 Å². The summed E-state index contributed by atoms with van der Waals surface area (Å²) in [4.78, 5) is 13.7. The zero-order valence-electron chi connectivity index (χ0n) is 8.71. The first-order chi connectivity index (χ1) is 8.11. The molecule has 0 saturated heterocycles. The van der Waals surface area contributed by atoms with Gasteiger partial charge in [-0.1, -0.05) is 29.3 Å². The molecule has 2 aromatic rings. The van der Waals surface area contributed by atoms with Gasteiger partial charge in [0, 0.05) is 27.2 Å². The van der Waals surface area contributed by atoms with Gasteiger partial charge in [0.25, 0.3) is 0 Å². The summed E-state index contributed by atoms with van der Waals surface area (Å²) >= 11 is 11.9. The van der Waals surface area contributed by atoms with E-state index in [9.17, 15) is 9.90 Å². The quantitative estimate of drug-likeness (QED) is 0.881. The lowest BCUT2D eigenvalue weighted by Crippen LogP contribution is -2.08. The topological polar surface area (TPSA) is 53.1 Å². The Hall–Kier alpha value is -1.29. The van der Waals surface area contributed by atoms with Crippen LogP contribution in [0, 0.1) is 0 Å². The fraction of sp³-hybridized carbons (Fsp3) is 0.0833. The van der Waals surface area contributed by atoms with Crippen LogP contribution in [0.15, 0.2) is 35.1 Å². The number of nitrogens with one attached hydrogen (secondary N) is 1. The number of hydrogen-bond donors (Lipinski definition) is 2. The maximum atomic E-state index is 11.2. The van der Waals surface area contributed by atoms with Crippen LogP contribution in [0.1, 0.15) is 5.69 Å². The summed E-state index contributed by atoms with van der Waals surface area (Å²) in [6, 6.07) is 8.08. The van der Waals surface area contributed by atoms with Crippen molar-refractivity contribution < 1.29 is 5.11 Å². The second-order valence-corrected chi connectivity index (χ2v) is 4.34. The predicted molar refractivity (Wildman–Crippen MR) is 68.4 cm³/mol. The largest absolute Gasteiger partial charge is 0.390 e. The molecule has 1 aromatic heterocycles. The van der Waals surface area contributed by atoms with Gasteiger partial charge in [0.2, 0.25) is 5.56 Å². The van der Waals surface area contributed by atoms with Gasteiger partial charge < -0.3 is 10.1 Å². The monoisotopic (exact) mass is 269 g/mol. The van der Waals surface area contributed by atoms with Crippen LogP contribution in [0.2, 0.25) is 10.0 Å². The van der Waals surface area contributed by atoms with E-state index >= 15 is 0 Å². The molecule has 1 heterocycles. The van der Waals surface area contributed by atoms with Crippen molar-refractivity contribution in [3.8, 4) is 11.1 Å². The van der Waals surface area contributed by atoms with Crippen LogP contribution in [0.3, 0.4) is 0 Å². The van der Waals surface area contributed by atoms with Gasteiger partial charge in [-0.15, -0.1) is 0 Å². The Morgan fingerprint density at radius 1 is 1.12 bits per heavy atom. The van der Waals surface area contributed by atoms with Gasteiger partial charge in [-0.3, -0.25) is 4.79 Å². The fourth-order valence-electron chi connectivity index (χ4n) is 1.60. The Morgan fingerprint density at radius 2 is 1.82 bits per heavy atom. The van der Waals surface area contributed by atoms with E-state index in [-0.39, 0.29) is 12.2 Å². The molecule has 2 N–H and O–H groups in total. The van der Waals surface area contributed by atoms with E-state index in [0.717, 1.165) is 5.56 Å². The van der Waals surface area contributed by atoms with E-state index in [1.165, 1.54) is 6.07 Å². The first kappa shape index (κ1) is 12.2. The zero-order chi connectivity index (χ0) is 12.4.